The summed E-state index contributed by atoms with van der Waals surface area (Å²) >= 11 is 1.25. The maximum atomic E-state index is 13.0. The fourth-order valence-corrected chi connectivity index (χ4v) is 4.84. The number of benzene rings is 3. The highest BCUT2D eigenvalue weighted by atomic mass is 32.1. The van der Waals surface area contributed by atoms with Crippen molar-refractivity contribution in [2.75, 3.05) is 0 Å². The molecule has 0 saturated heterocycles. The highest BCUT2D eigenvalue weighted by Gasteiger charge is 2.23. The van der Waals surface area contributed by atoms with E-state index in [1.807, 2.05) is 54.6 Å². The highest BCUT2D eigenvalue weighted by molar-refractivity contribution is 7.20. The molecule has 10 heteroatoms. The number of aromatic hydroxyl groups is 1. The van der Waals surface area contributed by atoms with E-state index in [0.29, 0.717) is 11.2 Å². The van der Waals surface area contributed by atoms with Crippen LogP contribution in [-0.2, 0) is 6.42 Å². The third kappa shape index (κ3) is 3.89. The average Bonchev–Trinajstić information content (AvgIpc) is 3.62. The molecule has 0 atom stereocenters. The van der Waals surface area contributed by atoms with Crippen LogP contribution in [0.1, 0.15) is 27.3 Å². The van der Waals surface area contributed by atoms with Crippen LogP contribution in [0.5, 0.6) is 5.88 Å². The van der Waals surface area contributed by atoms with E-state index in [1.54, 1.807) is 24.3 Å². The van der Waals surface area contributed by atoms with Crippen molar-refractivity contribution in [3.63, 3.8) is 0 Å². The standard InChI is InChI=1S/C26H17N5O4S/c32-22(24-27-18-12-11-16(13-20(18)36-24)15-7-3-1-4-8-15)23-30-29-21(35-23)14-19-25(33)31(26(34)28-19)17-9-5-2-6-10-17/h1-13,33H,14H2,(H,28,34). The van der Waals surface area contributed by atoms with Gasteiger partial charge < -0.3 is 14.5 Å². The van der Waals surface area contributed by atoms with Crippen molar-refractivity contribution in [1.29, 1.82) is 0 Å². The largest absolute Gasteiger partial charge is 0.493 e. The van der Waals surface area contributed by atoms with Gasteiger partial charge in [-0.05, 0) is 35.4 Å². The van der Waals surface area contributed by atoms with Crippen LogP contribution in [0.4, 0.5) is 0 Å². The van der Waals surface area contributed by atoms with Crippen LogP contribution in [0, 0.1) is 0 Å². The number of imidazole rings is 1. The van der Waals surface area contributed by atoms with Crippen molar-refractivity contribution < 1.29 is 14.3 Å². The lowest BCUT2D eigenvalue weighted by Gasteiger charge is -2.02. The minimum Gasteiger partial charge on any atom is -0.493 e. The Labute approximate surface area is 207 Å². The molecule has 6 aromatic rings. The number of ketones is 1. The summed E-state index contributed by atoms with van der Waals surface area (Å²) < 4.78 is 7.56. The molecule has 3 heterocycles. The van der Waals surface area contributed by atoms with Gasteiger partial charge in [0.15, 0.2) is 5.01 Å². The van der Waals surface area contributed by atoms with Crippen molar-refractivity contribution >= 4 is 27.3 Å². The molecule has 2 N–H and O–H groups in total. The van der Waals surface area contributed by atoms with E-state index >= 15 is 0 Å². The first-order valence-corrected chi connectivity index (χ1v) is 11.8. The maximum Gasteiger partial charge on any atom is 0.333 e. The lowest BCUT2D eigenvalue weighted by atomic mass is 10.1. The van der Waals surface area contributed by atoms with Crippen LogP contribution >= 0.6 is 11.3 Å². The number of carbonyl (C=O) groups is 1. The lowest BCUT2D eigenvalue weighted by Crippen LogP contribution is -2.14. The molecule has 3 aromatic carbocycles. The fraction of sp³-hybridized carbons (Fsp3) is 0.0385. The lowest BCUT2D eigenvalue weighted by molar-refractivity contribution is 0.100. The Morgan fingerprint density at radius 1 is 0.972 bits per heavy atom. The molecule has 176 valence electrons. The normalized spacial score (nSPS) is 11.2. The molecule has 3 aromatic heterocycles. The van der Waals surface area contributed by atoms with Crippen LogP contribution in [0.2, 0.25) is 0 Å². The summed E-state index contributed by atoms with van der Waals surface area (Å²) in [6.45, 7) is 0. The number of aromatic amines is 1. The molecule has 6 rings (SSSR count). The van der Waals surface area contributed by atoms with Crippen LogP contribution in [0.15, 0.2) is 88.1 Å². The van der Waals surface area contributed by atoms with Gasteiger partial charge in [0.1, 0.15) is 0 Å². The first kappa shape index (κ1) is 21.7. The van der Waals surface area contributed by atoms with Crippen molar-refractivity contribution in [3.8, 4) is 22.7 Å². The van der Waals surface area contributed by atoms with Gasteiger partial charge in [-0.2, -0.15) is 0 Å². The molecule has 0 fully saturated rings. The zero-order valence-corrected chi connectivity index (χ0v) is 19.4. The minimum absolute atomic E-state index is 0.0541. The maximum absolute atomic E-state index is 13.0. The number of para-hydroxylation sites is 1. The molecular formula is C26H17N5O4S. The van der Waals surface area contributed by atoms with E-state index in [2.05, 4.69) is 20.2 Å². The van der Waals surface area contributed by atoms with Crippen molar-refractivity contribution in [1.82, 2.24) is 24.7 Å². The molecule has 9 nitrogen and oxygen atoms in total. The number of H-pyrrole nitrogens is 1. The number of rotatable bonds is 6. The predicted molar refractivity (Wildman–Crippen MR) is 134 cm³/mol. The summed E-state index contributed by atoms with van der Waals surface area (Å²) in [4.78, 5) is 32.4. The zero-order chi connectivity index (χ0) is 24.6. The predicted octanol–water partition coefficient (Wildman–Crippen LogP) is 4.35. The van der Waals surface area contributed by atoms with Gasteiger partial charge in [0.25, 0.3) is 11.7 Å². The molecule has 0 radical (unpaired) electrons. The SMILES string of the molecule is O=C(c1nnc(Cc2[nH]c(=O)n(-c3ccccc3)c2O)o1)c1nc2ccc(-c3ccccc3)cc2s1. The Hall–Kier alpha value is -4.83. The van der Waals surface area contributed by atoms with Crippen LogP contribution in [-0.4, -0.2) is 35.6 Å². The fourth-order valence-electron chi connectivity index (χ4n) is 3.90. The number of fused-ring (bicyclic) bond motifs is 1. The Morgan fingerprint density at radius 2 is 1.72 bits per heavy atom. The van der Waals surface area contributed by atoms with E-state index in [-0.39, 0.29) is 34.8 Å². The second-order valence-corrected chi connectivity index (χ2v) is 9.01. The number of aromatic nitrogens is 5. The van der Waals surface area contributed by atoms with E-state index in [0.717, 1.165) is 20.4 Å². The van der Waals surface area contributed by atoms with Crippen molar-refractivity contribution in [2.24, 2.45) is 0 Å². The molecule has 0 spiro atoms. The topological polar surface area (TPSA) is 127 Å². The van der Waals surface area contributed by atoms with Gasteiger partial charge in [-0.15, -0.1) is 21.5 Å². The molecule has 36 heavy (non-hydrogen) atoms. The summed E-state index contributed by atoms with van der Waals surface area (Å²) in [6.07, 6.45) is -0.0541. The van der Waals surface area contributed by atoms with Gasteiger partial charge >= 0.3 is 5.69 Å². The van der Waals surface area contributed by atoms with Gasteiger partial charge in [-0.3, -0.25) is 4.79 Å². The van der Waals surface area contributed by atoms with E-state index < -0.39 is 11.5 Å². The Morgan fingerprint density at radius 3 is 2.50 bits per heavy atom. The smallest absolute Gasteiger partial charge is 0.333 e. The Balaban J connectivity index is 1.25. The van der Waals surface area contributed by atoms with E-state index in [4.69, 9.17) is 4.42 Å². The number of nitrogens with zero attached hydrogens (tertiary/aromatic N) is 4. The quantitative estimate of drug-likeness (QED) is 0.329. The zero-order valence-electron chi connectivity index (χ0n) is 18.6. The number of thiazole rings is 1. The van der Waals surface area contributed by atoms with Crippen LogP contribution < -0.4 is 5.69 Å². The van der Waals surface area contributed by atoms with Crippen LogP contribution in [0.25, 0.3) is 27.0 Å². The summed E-state index contributed by atoms with van der Waals surface area (Å²) in [6, 6.07) is 24.5. The second kappa shape index (κ2) is 8.75. The molecule has 0 aliphatic carbocycles. The summed E-state index contributed by atoms with van der Waals surface area (Å²) in [5, 5.41) is 18.6. The van der Waals surface area contributed by atoms with Crippen LogP contribution in [0.3, 0.4) is 0 Å². The van der Waals surface area contributed by atoms with Gasteiger partial charge in [0, 0.05) is 0 Å². The first-order chi connectivity index (χ1) is 17.6. The van der Waals surface area contributed by atoms with Gasteiger partial charge in [0.2, 0.25) is 11.8 Å². The van der Waals surface area contributed by atoms with Crippen molar-refractivity contribution in [2.45, 2.75) is 6.42 Å². The monoisotopic (exact) mass is 495 g/mol. The first-order valence-electron chi connectivity index (χ1n) is 11.0. The number of hydrogen-bond acceptors (Lipinski definition) is 8. The molecular weight excluding hydrogens is 478 g/mol. The van der Waals surface area contributed by atoms with E-state index in [1.165, 1.54) is 11.3 Å². The minimum atomic E-state index is -0.506. The van der Waals surface area contributed by atoms with Gasteiger partial charge in [-0.25, -0.2) is 14.3 Å². The number of nitrogens with one attached hydrogen (secondary N) is 1. The third-order valence-corrected chi connectivity index (χ3v) is 6.65. The second-order valence-electron chi connectivity index (χ2n) is 7.98. The van der Waals surface area contributed by atoms with Crippen molar-refractivity contribution in [3.05, 3.63) is 112 Å². The molecule has 0 unspecified atom stereocenters. The van der Waals surface area contributed by atoms with Gasteiger partial charge in [0.05, 0.1) is 28.0 Å². The molecule has 0 amide bonds. The molecule has 0 aliphatic heterocycles. The summed E-state index contributed by atoms with van der Waals surface area (Å²) in [7, 11) is 0. The molecule has 0 saturated carbocycles. The van der Waals surface area contributed by atoms with E-state index in [9.17, 15) is 14.7 Å². The Kier molecular flexibility index (Phi) is 5.27. The van der Waals surface area contributed by atoms with Gasteiger partial charge in [-0.1, -0.05) is 54.6 Å². The number of carbonyl (C=O) groups excluding carboxylic acids is 1. The molecule has 0 bridgehead atoms. The molecule has 0 aliphatic rings. The average molecular weight is 496 g/mol. The highest BCUT2D eigenvalue weighted by Crippen LogP contribution is 2.29. The summed E-state index contributed by atoms with van der Waals surface area (Å²) in [5.74, 6) is -0.896. The third-order valence-electron chi connectivity index (χ3n) is 5.64. The summed E-state index contributed by atoms with van der Waals surface area (Å²) in [5.41, 5.74) is 3.00. The number of hydrogen-bond donors (Lipinski definition) is 2. The Bertz CT molecular complexity index is 1770.